The number of nitrogens with one attached hydrogen (secondary N) is 1. The van der Waals surface area contributed by atoms with Crippen LogP contribution in [0, 0.1) is 5.92 Å². The fourth-order valence-electron chi connectivity index (χ4n) is 3.90. The van der Waals surface area contributed by atoms with Gasteiger partial charge in [0.05, 0.1) is 6.10 Å². The van der Waals surface area contributed by atoms with Crippen LogP contribution in [-0.2, 0) is 9.53 Å². The van der Waals surface area contributed by atoms with Crippen molar-refractivity contribution >= 4 is 5.91 Å². The lowest BCUT2D eigenvalue weighted by molar-refractivity contribution is -0.139. The van der Waals surface area contributed by atoms with E-state index < -0.39 is 0 Å². The van der Waals surface area contributed by atoms with Gasteiger partial charge in [-0.1, -0.05) is 0 Å². The Balaban J connectivity index is 1.50. The molecule has 0 spiro atoms. The standard InChI is InChI=1S/C15H26N2O2/c18-15-6-5-12-11-16-8-7-14(12)17(15)9-1-3-13-4-2-10-19-13/h12-14,16H,1-11H2. The number of ether oxygens (including phenoxy) is 1. The Bertz CT molecular complexity index is 315. The molecule has 3 aliphatic heterocycles. The SMILES string of the molecule is O=C1CCC2CNCCC2N1CCCC1CCCO1. The largest absolute Gasteiger partial charge is 0.378 e. The molecule has 3 atom stereocenters. The van der Waals surface area contributed by atoms with Crippen LogP contribution in [0.5, 0.6) is 0 Å². The summed E-state index contributed by atoms with van der Waals surface area (Å²) < 4.78 is 5.66. The molecule has 1 amide bonds. The average Bonchev–Trinajstić information content (AvgIpc) is 2.94. The van der Waals surface area contributed by atoms with Gasteiger partial charge in [-0.05, 0) is 57.5 Å². The quantitative estimate of drug-likeness (QED) is 0.839. The Hall–Kier alpha value is -0.610. The third-order valence-corrected chi connectivity index (χ3v) is 4.97. The number of hydrogen-bond donors (Lipinski definition) is 1. The molecule has 3 unspecified atom stereocenters. The van der Waals surface area contributed by atoms with E-state index in [1.165, 1.54) is 12.8 Å². The molecule has 3 heterocycles. The maximum absolute atomic E-state index is 12.2. The summed E-state index contributed by atoms with van der Waals surface area (Å²) in [6.07, 6.45) is 8.08. The van der Waals surface area contributed by atoms with Gasteiger partial charge in [-0.3, -0.25) is 4.79 Å². The lowest BCUT2D eigenvalue weighted by atomic mass is 9.84. The normalized spacial score (nSPS) is 35.5. The number of fused-ring (bicyclic) bond motifs is 1. The molecule has 0 aromatic carbocycles. The van der Waals surface area contributed by atoms with Crippen LogP contribution in [0.3, 0.4) is 0 Å². The fraction of sp³-hybridized carbons (Fsp3) is 0.933. The molecule has 0 bridgehead atoms. The molecule has 1 N–H and O–H groups in total. The zero-order valence-corrected chi connectivity index (χ0v) is 11.8. The van der Waals surface area contributed by atoms with Gasteiger partial charge in [-0.2, -0.15) is 0 Å². The maximum atomic E-state index is 12.2. The van der Waals surface area contributed by atoms with Crippen LogP contribution in [0.15, 0.2) is 0 Å². The summed E-state index contributed by atoms with van der Waals surface area (Å²) in [4.78, 5) is 14.3. The lowest BCUT2D eigenvalue weighted by Gasteiger charge is -2.44. The van der Waals surface area contributed by atoms with E-state index in [0.717, 1.165) is 58.3 Å². The van der Waals surface area contributed by atoms with Gasteiger partial charge in [-0.15, -0.1) is 0 Å². The van der Waals surface area contributed by atoms with Crippen LogP contribution < -0.4 is 5.32 Å². The third kappa shape index (κ3) is 3.11. The van der Waals surface area contributed by atoms with E-state index in [9.17, 15) is 4.79 Å². The smallest absolute Gasteiger partial charge is 0.222 e. The first-order chi connectivity index (χ1) is 9.34. The molecule has 0 aliphatic carbocycles. The summed E-state index contributed by atoms with van der Waals surface area (Å²) in [5.74, 6) is 1.07. The highest BCUT2D eigenvalue weighted by molar-refractivity contribution is 5.77. The van der Waals surface area contributed by atoms with Gasteiger partial charge >= 0.3 is 0 Å². The molecule has 19 heavy (non-hydrogen) atoms. The monoisotopic (exact) mass is 266 g/mol. The van der Waals surface area contributed by atoms with Gasteiger partial charge in [-0.25, -0.2) is 0 Å². The van der Waals surface area contributed by atoms with E-state index in [1.54, 1.807) is 0 Å². The lowest BCUT2D eigenvalue weighted by Crippen LogP contribution is -2.55. The van der Waals surface area contributed by atoms with Crippen molar-refractivity contribution in [3.63, 3.8) is 0 Å². The molecule has 3 rings (SSSR count). The second-order valence-electron chi connectivity index (χ2n) is 6.22. The average molecular weight is 266 g/mol. The molecule has 0 radical (unpaired) electrons. The first-order valence-electron chi connectivity index (χ1n) is 7.96. The number of likely N-dealkylation sites (tertiary alicyclic amines) is 1. The fourth-order valence-corrected chi connectivity index (χ4v) is 3.90. The highest BCUT2D eigenvalue weighted by atomic mass is 16.5. The minimum atomic E-state index is 0.385. The Morgan fingerprint density at radius 2 is 2.26 bits per heavy atom. The number of hydrogen-bond acceptors (Lipinski definition) is 3. The molecule has 0 saturated carbocycles. The van der Waals surface area contributed by atoms with Crippen LogP contribution in [0.4, 0.5) is 0 Å². The Kier molecular flexibility index (Phi) is 4.38. The zero-order valence-electron chi connectivity index (χ0n) is 11.8. The van der Waals surface area contributed by atoms with E-state index in [0.29, 0.717) is 24.0 Å². The van der Waals surface area contributed by atoms with Crippen molar-refractivity contribution in [1.82, 2.24) is 10.2 Å². The first kappa shape index (κ1) is 13.4. The maximum Gasteiger partial charge on any atom is 0.222 e. The number of piperidine rings is 2. The number of rotatable bonds is 4. The van der Waals surface area contributed by atoms with Crippen molar-refractivity contribution in [2.24, 2.45) is 5.92 Å². The predicted molar refractivity (Wildman–Crippen MR) is 73.9 cm³/mol. The van der Waals surface area contributed by atoms with Crippen LogP contribution in [-0.4, -0.2) is 49.2 Å². The molecular weight excluding hydrogens is 240 g/mol. The Labute approximate surface area is 115 Å². The van der Waals surface area contributed by atoms with Crippen molar-refractivity contribution in [3.8, 4) is 0 Å². The number of amides is 1. The molecule has 108 valence electrons. The van der Waals surface area contributed by atoms with Crippen molar-refractivity contribution in [2.45, 2.75) is 57.1 Å². The summed E-state index contributed by atoms with van der Waals surface area (Å²) in [5, 5.41) is 3.46. The van der Waals surface area contributed by atoms with Crippen LogP contribution >= 0.6 is 0 Å². The zero-order chi connectivity index (χ0) is 13.1. The highest BCUT2D eigenvalue weighted by Crippen LogP contribution is 2.29. The van der Waals surface area contributed by atoms with Crippen molar-refractivity contribution in [2.75, 3.05) is 26.2 Å². The van der Waals surface area contributed by atoms with E-state index in [2.05, 4.69) is 10.2 Å². The van der Waals surface area contributed by atoms with Gasteiger partial charge in [0, 0.05) is 25.6 Å². The summed E-state index contributed by atoms with van der Waals surface area (Å²) in [7, 11) is 0. The van der Waals surface area contributed by atoms with Crippen LogP contribution in [0.25, 0.3) is 0 Å². The van der Waals surface area contributed by atoms with Crippen molar-refractivity contribution in [1.29, 1.82) is 0 Å². The van der Waals surface area contributed by atoms with E-state index in [-0.39, 0.29) is 0 Å². The number of carbonyl (C=O) groups excluding carboxylic acids is 1. The first-order valence-corrected chi connectivity index (χ1v) is 7.96. The van der Waals surface area contributed by atoms with Gasteiger partial charge in [0.1, 0.15) is 0 Å². The van der Waals surface area contributed by atoms with Gasteiger partial charge < -0.3 is 15.0 Å². The number of nitrogens with zero attached hydrogens (tertiary/aromatic N) is 1. The van der Waals surface area contributed by atoms with Gasteiger partial charge in [0.15, 0.2) is 0 Å². The van der Waals surface area contributed by atoms with Gasteiger partial charge in [0.25, 0.3) is 0 Å². The molecular formula is C15H26N2O2. The number of carbonyl (C=O) groups is 1. The predicted octanol–water partition coefficient (Wildman–Crippen LogP) is 1.55. The summed E-state index contributed by atoms with van der Waals surface area (Å²) in [5.41, 5.74) is 0. The molecule has 0 aromatic heterocycles. The van der Waals surface area contributed by atoms with Crippen LogP contribution in [0.2, 0.25) is 0 Å². The minimum absolute atomic E-state index is 0.385. The van der Waals surface area contributed by atoms with E-state index in [1.807, 2.05) is 0 Å². The van der Waals surface area contributed by atoms with Crippen LogP contribution in [0.1, 0.15) is 44.9 Å². The molecule has 3 saturated heterocycles. The molecule has 3 aliphatic rings. The summed E-state index contributed by atoms with van der Waals surface area (Å²) in [6.45, 7) is 4.04. The second kappa shape index (κ2) is 6.23. The Morgan fingerprint density at radius 1 is 1.32 bits per heavy atom. The van der Waals surface area contributed by atoms with Crippen molar-refractivity contribution in [3.05, 3.63) is 0 Å². The molecule has 4 heteroatoms. The molecule has 0 aromatic rings. The highest BCUT2D eigenvalue weighted by Gasteiger charge is 2.36. The van der Waals surface area contributed by atoms with E-state index in [4.69, 9.17) is 4.74 Å². The van der Waals surface area contributed by atoms with Crippen molar-refractivity contribution < 1.29 is 9.53 Å². The van der Waals surface area contributed by atoms with E-state index >= 15 is 0 Å². The second-order valence-corrected chi connectivity index (χ2v) is 6.22. The topological polar surface area (TPSA) is 41.6 Å². The Morgan fingerprint density at radius 3 is 3.11 bits per heavy atom. The molecule has 4 nitrogen and oxygen atoms in total. The summed E-state index contributed by atoms with van der Waals surface area (Å²) in [6, 6.07) is 0.506. The summed E-state index contributed by atoms with van der Waals surface area (Å²) >= 11 is 0. The molecule has 3 fully saturated rings. The third-order valence-electron chi connectivity index (χ3n) is 4.97. The minimum Gasteiger partial charge on any atom is -0.378 e. The van der Waals surface area contributed by atoms with Gasteiger partial charge in [0.2, 0.25) is 5.91 Å².